The molecule has 1 heterocycles. The Kier molecular flexibility index (Phi) is 4.54. The number of aromatic nitrogens is 2. The first kappa shape index (κ1) is 13.5. The zero-order valence-electron chi connectivity index (χ0n) is 11.3. The van der Waals surface area contributed by atoms with Crippen molar-refractivity contribution in [3.05, 3.63) is 6.07 Å². The average Bonchev–Trinajstić information content (AvgIpc) is 2.26. The highest BCUT2D eigenvalue weighted by atomic mass is 16.5. The van der Waals surface area contributed by atoms with Crippen molar-refractivity contribution in [3.8, 4) is 5.88 Å². The Balaban J connectivity index is 2.87. The molecule has 1 atom stereocenters. The van der Waals surface area contributed by atoms with Crippen LogP contribution < -0.4 is 15.4 Å². The van der Waals surface area contributed by atoms with Crippen molar-refractivity contribution < 1.29 is 4.74 Å². The molecule has 96 valence electrons. The molecule has 0 amide bonds. The molecule has 1 aromatic heterocycles. The molecule has 0 aliphatic rings. The Morgan fingerprint density at radius 2 is 2.00 bits per heavy atom. The predicted molar refractivity (Wildman–Crippen MR) is 70.3 cm³/mol. The van der Waals surface area contributed by atoms with E-state index in [2.05, 4.69) is 35.6 Å². The summed E-state index contributed by atoms with van der Waals surface area (Å²) in [6.45, 7) is 6.59. The lowest BCUT2D eigenvalue weighted by atomic mass is 10.0. The van der Waals surface area contributed by atoms with Gasteiger partial charge in [0.05, 0.1) is 7.11 Å². The number of rotatable bonds is 5. The summed E-state index contributed by atoms with van der Waals surface area (Å²) in [6.07, 6.45) is 1.10. The van der Waals surface area contributed by atoms with Crippen LogP contribution in [0, 0.1) is 5.92 Å². The molecule has 0 fully saturated rings. The molecule has 0 saturated heterocycles. The molecule has 0 saturated carbocycles. The first-order valence-electron chi connectivity index (χ1n) is 5.85. The van der Waals surface area contributed by atoms with Crippen LogP contribution in [0.4, 0.5) is 11.8 Å². The summed E-state index contributed by atoms with van der Waals surface area (Å²) in [4.78, 5) is 10.3. The number of nitrogen functional groups attached to an aromatic ring is 1. The normalized spacial score (nSPS) is 12.6. The van der Waals surface area contributed by atoms with Crippen LogP contribution in [-0.4, -0.2) is 30.2 Å². The van der Waals surface area contributed by atoms with E-state index in [9.17, 15) is 0 Å². The van der Waals surface area contributed by atoms with Crippen LogP contribution >= 0.6 is 0 Å². The standard InChI is InChI=1S/C12H22N4O/c1-8(2)6-9(3)16(4)10-7-11(17-5)15-12(13)14-10/h7-9H,6H2,1-5H3,(H2,13,14,15). The van der Waals surface area contributed by atoms with Crippen molar-refractivity contribution >= 4 is 11.8 Å². The SMILES string of the molecule is COc1cc(N(C)C(C)CC(C)C)nc(N)n1. The number of methoxy groups -OCH3 is 1. The Labute approximate surface area is 103 Å². The van der Waals surface area contributed by atoms with Crippen LogP contribution in [0.5, 0.6) is 5.88 Å². The van der Waals surface area contributed by atoms with Gasteiger partial charge in [-0.2, -0.15) is 9.97 Å². The maximum Gasteiger partial charge on any atom is 0.225 e. The fourth-order valence-corrected chi connectivity index (χ4v) is 1.78. The predicted octanol–water partition coefficient (Wildman–Crippen LogP) is 1.94. The van der Waals surface area contributed by atoms with Gasteiger partial charge in [0.2, 0.25) is 11.8 Å². The van der Waals surface area contributed by atoms with Gasteiger partial charge in [0.15, 0.2) is 0 Å². The van der Waals surface area contributed by atoms with E-state index >= 15 is 0 Å². The van der Waals surface area contributed by atoms with Gasteiger partial charge in [0.1, 0.15) is 5.82 Å². The Morgan fingerprint density at radius 1 is 1.35 bits per heavy atom. The minimum absolute atomic E-state index is 0.239. The molecule has 5 heteroatoms. The van der Waals surface area contributed by atoms with Crippen molar-refractivity contribution in [2.24, 2.45) is 5.92 Å². The highest BCUT2D eigenvalue weighted by Gasteiger charge is 2.14. The van der Waals surface area contributed by atoms with Gasteiger partial charge in [-0.15, -0.1) is 0 Å². The van der Waals surface area contributed by atoms with E-state index in [1.165, 1.54) is 0 Å². The maximum absolute atomic E-state index is 5.65. The van der Waals surface area contributed by atoms with Crippen LogP contribution in [0.1, 0.15) is 27.2 Å². The molecule has 0 bridgehead atoms. The van der Waals surface area contributed by atoms with Gasteiger partial charge in [-0.05, 0) is 19.3 Å². The van der Waals surface area contributed by atoms with Crippen molar-refractivity contribution in [2.75, 3.05) is 24.8 Å². The Morgan fingerprint density at radius 3 is 2.53 bits per heavy atom. The second-order valence-electron chi connectivity index (χ2n) is 4.72. The zero-order valence-corrected chi connectivity index (χ0v) is 11.3. The number of ether oxygens (including phenoxy) is 1. The Bertz CT molecular complexity index is 368. The molecule has 1 rings (SSSR count). The summed E-state index contributed by atoms with van der Waals surface area (Å²) >= 11 is 0. The fourth-order valence-electron chi connectivity index (χ4n) is 1.78. The topological polar surface area (TPSA) is 64.3 Å². The van der Waals surface area contributed by atoms with Gasteiger partial charge in [0.25, 0.3) is 0 Å². The number of hydrogen-bond donors (Lipinski definition) is 1. The molecule has 17 heavy (non-hydrogen) atoms. The fraction of sp³-hybridized carbons (Fsp3) is 0.667. The number of anilines is 2. The summed E-state index contributed by atoms with van der Waals surface area (Å²) in [5.41, 5.74) is 5.65. The zero-order chi connectivity index (χ0) is 13.0. The van der Waals surface area contributed by atoms with Crippen LogP contribution in [-0.2, 0) is 0 Å². The lowest BCUT2D eigenvalue weighted by molar-refractivity contribution is 0.397. The highest BCUT2D eigenvalue weighted by Crippen LogP contribution is 2.21. The van der Waals surface area contributed by atoms with E-state index in [-0.39, 0.29) is 5.95 Å². The average molecular weight is 238 g/mol. The van der Waals surface area contributed by atoms with E-state index in [1.54, 1.807) is 13.2 Å². The van der Waals surface area contributed by atoms with E-state index in [0.29, 0.717) is 17.8 Å². The second kappa shape index (κ2) is 5.70. The molecule has 1 aromatic rings. The smallest absolute Gasteiger partial charge is 0.225 e. The summed E-state index contributed by atoms with van der Waals surface area (Å²) in [6, 6.07) is 2.20. The molecule has 0 radical (unpaired) electrons. The number of hydrogen-bond acceptors (Lipinski definition) is 5. The molecule has 0 aliphatic carbocycles. The molecule has 0 spiro atoms. The van der Waals surface area contributed by atoms with Crippen molar-refractivity contribution in [1.29, 1.82) is 0 Å². The molecule has 1 unspecified atom stereocenters. The van der Waals surface area contributed by atoms with Gasteiger partial charge in [-0.1, -0.05) is 13.8 Å². The molecular weight excluding hydrogens is 216 g/mol. The minimum Gasteiger partial charge on any atom is -0.481 e. The minimum atomic E-state index is 0.239. The number of nitrogens with zero attached hydrogens (tertiary/aromatic N) is 3. The summed E-state index contributed by atoms with van der Waals surface area (Å²) < 4.78 is 5.09. The van der Waals surface area contributed by atoms with Gasteiger partial charge >= 0.3 is 0 Å². The molecule has 2 N–H and O–H groups in total. The van der Waals surface area contributed by atoms with Gasteiger partial charge < -0.3 is 15.4 Å². The third-order valence-corrected chi connectivity index (χ3v) is 2.75. The maximum atomic E-state index is 5.65. The number of nitrogens with two attached hydrogens (primary N) is 1. The third-order valence-electron chi connectivity index (χ3n) is 2.75. The Hall–Kier alpha value is -1.52. The molecule has 0 aromatic carbocycles. The third kappa shape index (κ3) is 3.76. The largest absolute Gasteiger partial charge is 0.481 e. The summed E-state index contributed by atoms with van der Waals surface area (Å²) in [7, 11) is 3.58. The van der Waals surface area contributed by atoms with Crippen LogP contribution in [0.15, 0.2) is 6.07 Å². The van der Waals surface area contributed by atoms with Crippen molar-refractivity contribution in [2.45, 2.75) is 33.2 Å². The van der Waals surface area contributed by atoms with Crippen molar-refractivity contribution in [1.82, 2.24) is 9.97 Å². The van der Waals surface area contributed by atoms with Gasteiger partial charge in [-0.25, -0.2) is 0 Å². The summed E-state index contributed by atoms with van der Waals surface area (Å²) in [5, 5.41) is 0. The van der Waals surface area contributed by atoms with Crippen LogP contribution in [0.2, 0.25) is 0 Å². The van der Waals surface area contributed by atoms with Crippen LogP contribution in [0.3, 0.4) is 0 Å². The van der Waals surface area contributed by atoms with E-state index < -0.39 is 0 Å². The van der Waals surface area contributed by atoms with Gasteiger partial charge in [-0.3, -0.25) is 0 Å². The van der Waals surface area contributed by atoms with E-state index in [0.717, 1.165) is 12.2 Å². The first-order valence-corrected chi connectivity index (χ1v) is 5.85. The molecule has 5 nitrogen and oxygen atoms in total. The molecule has 0 aliphatic heterocycles. The van der Waals surface area contributed by atoms with Crippen molar-refractivity contribution in [3.63, 3.8) is 0 Å². The quantitative estimate of drug-likeness (QED) is 0.849. The monoisotopic (exact) mass is 238 g/mol. The lowest BCUT2D eigenvalue weighted by Gasteiger charge is -2.27. The van der Waals surface area contributed by atoms with E-state index in [4.69, 9.17) is 10.5 Å². The first-order chi connectivity index (χ1) is 7.93. The van der Waals surface area contributed by atoms with Gasteiger partial charge in [0, 0.05) is 19.2 Å². The summed E-state index contributed by atoms with van der Waals surface area (Å²) in [5.74, 6) is 2.18. The second-order valence-corrected chi connectivity index (χ2v) is 4.72. The van der Waals surface area contributed by atoms with Crippen LogP contribution in [0.25, 0.3) is 0 Å². The highest BCUT2D eigenvalue weighted by molar-refractivity contribution is 5.45. The lowest BCUT2D eigenvalue weighted by Crippen LogP contribution is -2.31. The van der Waals surface area contributed by atoms with E-state index in [1.807, 2.05) is 7.05 Å². The molecular formula is C12H22N4O.